The maximum Gasteiger partial charge on any atom is 0.331 e. The minimum Gasteiger partial charge on any atom is -0.490 e. The minimum absolute atomic E-state index is 0.268. The van der Waals surface area contributed by atoms with Gasteiger partial charge in [0.15, 0.2) is 11.5 Å². The van der Waals surface area contributed by atoms with Crippen LogP contribution in [-0.2, 0) is 16.1 Å². The molecule has 24 heavy (non-hydrogen) atoms. The van der Waals surface area contributed by atoms with Gasteiger partial charge in [-0.2, -0.15) is 0 Å². The molecule has 0 saturated heterocycles. The van der Waals surface area contributed by atoms with E-state index in [1.54, 1.807) is 6.08 Å². The first-order chi connectivity index (χ1) is 11.7. The summed E-state index contributed by atoms with van der Waals surface area (Å²) < 4.78 is 16.5. The molecule has 4 heteroatoms. The quantitative estimate of drug-likeness (QED) is 0.632. The van der Waals surface area contributed by atoms with Crippen LogP contribution in [0.25, 0.3) is 6.08 Å². The Morgan fingerprint density at radius 3 is 2.62 bits per heavy atom. The van der Waals surface area contributed by atoms with E-state index in [-0.39, 0.29) is 12.6 Å². The van der Waals surface area contributed by atoms with E-state index in [0.29, 0.717) is 19.0 Å². The van der Waals surface area contributed by atoms with Crippen molar-refractivity contribution in [2.75, 3.05) is 13.2 Å². The van der Waals surface area contributed by atoms with E-state index in [0.717, 1.165) is 23.3 Å². The third kappa shape index (κ3) is 4.38. The van der Waals surface area contributed by atoms with Crippen molar-refractivity contribution in [1.29, 1.82) is 0 Å². The average Bonchev–Trinajstić information content (AvgIpc) is 2.84. The fourth-order valence-electron chi connectivity index (χ4n) is 2.33. The second-order valence-corrected chi connectivity index (χ2v) is 5.68. The highest BCUT2D eigenvalue weighted by molar-refractivity contribution is 5.87. The van der Waals surface area contributed by atoms with Gasteiger partial charge in [-0.15, -0.1) is 0 Å². The second kappa shape index (κ2) is 7.68. The zero-order valence-corrected chi connectivity index (χ0v) is 13.7. The highest BCUT2D eigenvalue weighted by Crippen LogP contribution is 2.30. The molecule has 124 valence electrons. The Kier molecular flexibility index (Phi) is 5.16. The molecule has 0 spiro atoms. The van der Waals surface area contributed by atoms with Gasteiger partial charge in [0.25, 0.3) is 0 Å². The van der Waals surface area contributed by atoms with Gasteiger partial charge in [-0.25, -0.2) is 4.79 Å². The van der Waals surface area contributed by atoms with Crippen LogP contribution in [0.2, 0.25) is 0 Å². The average molecular weight is 324 g/mol. The van der Waals surface area contributed by atoms with Crippen LogP contribution in [0.3, 0.4) is 0 Å². The molecular formula is C20H20O4. The molecule has 4 nitrogen and oxygen atoms in total. The summed E-state index contributed by atoms with van der Waals surface area (Å²) >= 11 is 0. The Balaban J connectivity index is 1.57. The number of aryl methyl sites for hydroxylation is 1. The number of benzene rings is 2. The maximum absolute atomic E-state index is 11.8. The molecule has 0 amide bonds. The predicted molar refractivity (Wildman–Crippen MR) is 92.1 cm³/mol. The molecule has 1 aliphatic rings. The Hall–Kier alpha value is -2.75. The largest absolute Gasteiger partial charge is 0.490 e. The number of ether oxygens (including phenoxy) is 3. The van der Waals surface area contributed by atoms with E-state index >= 15 is 0 Å². The van der Waals surface area contributed by atoms with Crippen LogP contribution >= 0.6 is 0 Å². The van der Waals surface area contributed by atoms with E-state index < -0.39 is 0 Å². The molecule has 0 aliphatic carbocycles. The van der Waals surface area contributed by atoms with Gasteiger partial charge in [-0.3, -0.25) is 0 Å². The SMILES string of the molecule is Cc1ccc(COC(=O)/C=C/c2ccc3c(c2)OCCCO3)cc1. The maximum atomic E-state index is 11.8. The molecule has 1 aliphatic heterocycles. The second-order valence-electron chi connectivity index (χ2n) is 5.68. The molecule has 0 bridgehead atoms. The molecule has 0 saturated carbocycles. The standard InChI is InChI=1S/C20H20O4/c1-15-3-5-17(6-4-15)14-24-20(21)10-8-16-7-9-18-19(13-16)23-12-2-11-22-18/h3-10,13H,2,11-12,14H2,1H3/b10-8+. The van der Waals surface area contributed by atoms with Crippen molar-refractivity contribution in [2.45, 2.75) is 20.0 Å². The third-order valence-corrected chi connectivity index (χ3v) is 3.69. The highest BCUT2D eigenvalue weighted by atomic mass is 16.5. The molecular weight excluding hydrogens is 304 g/mol. The molecule has 0 fully saturated rings. The van der Waals surface area contributed by atoms with Gasteiger partial charge in [0.1, 0.15) is 6.61 Å². The van der Waals surface area contributed by atoms with Crippen molar-refractivity contribution in [2.24, 2.45) is 0 Å². The van der Waals surface area contributed by atoms with E-state index in [9.17, 15) is 4.79 Å². The fraction of sp³-hybridized carbons (Fsp3) is 0.250. The van der Waals surface area contributed by atoms with Gasteiger partial charge in [0.05, 0.1) is 13.2 Å². The van der Waals surface area contributed by atoms with E-state index in [4.69, 9.17) is 14.2 Å². The Bertz CT molecular complexity index is 732. The van der Waals surface area contributed by atoms with Crippen LogP contribution in [0.4, 0.5) is 0 Å². The summed E-state index contributed by atoms with van der Waals surface area (Å²) in [5, 5.41) is 0. The molecule has 0 atom stereocenters. The van der Waals surface area contributed by atoms with Gasteiger partial charge >= 0.3 is 5.97 Å². The van der Waals surface area contributed by atoms with Crippen LogP contribution in [0.1, 0.15) is 23.1 Å². The lowest BCUT2D eigenvalue weighted by atomic mass is 10.2. The highest BCUT2D eigenvalue weighted by Gasteiger charge is 2.09. The Morgan fingerprint density at radius 2 is 1.83 bits per heavy atom. The first-order valence-electron chi connectivity index (χ1n) is 8.01. The number of carbonyl (C=O) groups is 1. The van der Waals surface area contributed by atoms with Crippen molar-refractivity contribution in [1.82, 2.24) is 0 Å². The van der Waals surface area contributed by atoms with Crippen molar-refractivity contribution >= 4 is 12.0 Å². The zero-order chi connectivity index (χ0) is 16.8. The lowest BCUT2D eigenvalue weighted by Gasteiger charge is -2.07. The van der Waals surface area contributed by atoms with Crippen LogP contribution in [-0.4, -0.2) is 19.2 Å². The molecule has 2 aromatic rings. The number of hydrogen-bond acceptors (Lipinski definition) is 4. The summed E-state index contributed by atoms with van der Waals surface area (Å²) in [7, 11) is 0. The van der Waals surface area contributed by atoms with Crippen LogP contribution in [0, 0.1) is 6.92 Å². The smallest absolute Gasteiger partial charge is 0.331 e. The summed E-state index contributed by atoms with van der Waals surface area (Å²) in [6, 6.07) is 13.5. The van der Waals surface area contributed by atoms with Crippen molar-refractivity contribution in [3.63, 3.8) is 0 Å². The van der Waals surface area contributed by atoms with E-state index in [2.05, 4.69) is 0 Å². The fourth-order valence-corrected chi connectivity index (χ4v) is 2.33. The van der Waals surface area contributed by atoms with Gasteiger partial charge in [0.2, 0.25) is 0 Å². The Labute approximate surface area is 141 Å². The first kappa shape index (κ1) is 16.1. The first-order valence-corrected chi connectivity index (χ1v) is 8.01. The van der Waals surface area contributed by atoms with Crippen molar-refractivity contribution in [3.05, 3.63) is 65.2 Å². The normalized spacial score (nSPS) is 13.5. The van der Waals surface area contributed by atoms with Crippen LogP contribution < -0.4 is 9.47 Å². The predicted octanol–water partition coefficient (Wildman–Crippen LogP) is 3.91. The lowest BCUT2D eigenvalue weighted by molar-refractivity contribution is -0.138. The van der Waals surface area contributed by atoms with Crippen molar-refractivity contribution < 1.29 is 19.0 Å². The molecule has 0 radical (unpaired) electrons. The van der Waals surface area contributed by atoms with Gasteiger partial charge < -0.3 is 14.2 Å². The number of esters is 1. The van der Waals surface area contributed by atoms with Crippen LogP contribution in [0.15, 0.2) is 48.5 Å². The molecule has 2 aromatic carbocycles. The Morgan fingerprint density at radius 1 is 1.08 bits per heavy atom. The lowest BCUT2D eigenvalue weighted by Crippen LogP contribution is -2.00. The van der Waals surface area contributed by atoms with Crippen molar-refractivity contribution in [3.8, 4) is 11.5 Å². The van der Waals surface area contributed by atoms with Gasteiger partial charge in [0, 0.05) is 12.5 Å². The zero-order valence-electron chi connectivity index (χ0n) is 13.7. The van der Waals surface area contributed by atoms with Crippen LogP contribution in [0.5, 0.6) is 11.5 Å². The molecule has 0 unspecified atom stereocenters. The summed E-state index contributed by atoms with van der Waals surface area (Å²) in [4.78, 5) is 11.8. The number of carbonyl (C=O) groups excluding carboxylic acids is 1. The minimum atomic E-state index is -0.373. The summed E-state index contributed by atoms with van der Waals surface area (Å²) in [5.74, 6) is 1.08. The topological polar surface area (TPSA) is 44.8 Å². The molecule has 0 aromatic heterocycles. The van der Waals surface area contributed by atoms with E-state index in [1.807, 2.05) is 49.4 Å². The summed E-state index contributed by atoms with van der Waals surface area (Å²) in [6.07, 6.45) is 4.00. The molecule has 0 N–H and O–H groups in total. The van der Waals surface area contributed by atoms with Gasteiger partial charge in [-0.05, 0) is 36.3 Å². The molecule has 1 heterocycles. The molecule has 3 rings (SSSR count). The summed E-state index contributed by atoms with van der Waals surface area (Å²) in [5.41, 5.74) is 3.02. The monoisotopic (exact) mass is 324 g/mol. The third-order valence-electron chi connectivity index (χ3n) is 3.69. The number of fused-ring (bicyclic) bond motifs is 1. The van der Waals surface area contributed by atoms with E-state index in [1.165, 1.54) is 11.6 Å². The summed E-state index contributed by atoms with van der Waals surface area (Å²) in [6.45, 7) is 3.59. The number of rotatable bonds is 4. The van der Waals surface area contributed by atoms with Gasteiger partial charge in [-0.1, -0.05) is 35.9 Å². The number of hydrogen-bond donors (Lipinski definition) is 0.